The Bertz CT molecular complexity index is 418. The second-order valence-electron chi connectivity index (χ2n) is 3.66. The Balaban J connectivity index is 2.31. The highest BCUT2D eigenvalue weighted by atomic mass is 15.1. The van der Waals surface area contributed by atoms with Crippen LogP contribution in [-0.4, -0.2) is 14.1 Å². The summed E-state index contributed by atoms with van der Waals surface area (Å²) in [6.45, 7) is 5.10. The van der Waals surface area contributed by atoms with Crippen molar-refractivity contribution in [2.45, 2.75) is 20.4 Å². The standard InChI is InChI=1S/C11H15N3/c1-9-4-5-10(2)14(9)8-11-12-6-7-13(11)3/h4-7H,8H2,1-3H3. The molecule has 74 valence electrons. The third-order valence-electron chi connectivity index (χ3n) is 2.64. The molecule has 2 aromatic heterocycles. The zero-order chi connectivity index (χ0) is 10.1. The molecule has 3 heteroatoms. The molecule has 0 bridgehead atoms. The average Bonchev–Trinajstić information content (AvgIpc) is 2.67. The highest BCUT2D eigenvalue weighted by Gasteiger charge is 2.04. The van der Waals surface area contributed by atoms with Crippen LogP contribution in [0.2, 0.25) is 0 Å². The molecule has 3 nitrogen and oxygen atoms in total. The van der Waals surface area contributed by atoms with Gasteiger partial charge in [0.2, 0.25) is 0 Å². The summed E-state index contributed by atoms with van der Waals surface area (Å²) in [5.74, 6) is 1.09. The van der Waals surface area contributed by atoms with E-state index in [2.05, 4.69) is 40.1 Å². The fraction of sp³-hybridized carbons (Fsp3) is 0.364. The number of hydrogen-bond acceptors (Lipinski definition) is 1. The van der Waals surface area contributed by atoms with Crippen molar-refractivity contribution in [3.63, 3.8) is 0 Å². The molecule has 0 saturated carbocycles. The van der Waals surface area contributed by atoms with E-state index in [9.17, 15) is 0 Å². The van der Waals surface area contributed by atoms with E-state index in [1.807, 2.05) is 19.4 Å². The van der Waals surface area contributed by atoms with Gasteiger partial charge in [-0.2, -0.15) is 0 Å². The summed E-state index contributed by atoms with van der Waals surface area (Å²) in [4.78, 5) is 4.32. The lowest BCUT2D eigenvalue weighted by atomic mass is 10.4. The van der Waals surface area contributed by atoms with Gasteiger partial charge in [-0.1, -0.05) is 0 Å². The van der Waals surface area contributed by atoms with Gasteiger partial charge in [-0.15, -0.1) is 0 Å². The summed E-state index contributed by atoms with van der Waals surface area (Å²) in [5, 5.41) is 0. The lowest BCUT2D eigenvalue weighted by molar-refractivity contribution is 0.674. The molecule has 0 spiro atoms. The predicted molar refractivity (Wildman–Crippen MR) is 56.2 cm³/mol. The van der Waals surface area contributed by atoms with E-state index in [1.54, 1.807) is 0 Å². The number of imidazole rings is 1. The minimum absolute atomic E-state index is 0.855. The Hall–Kier alpha value is -1.51. The van der Waals surface area contributed by atoms with Gasteiger partial charge in [-0.3, -0.25) is 0 Å². The van der Waals surface area contributed by atoms with Crippen molar-refractivity contribution in [2.75, 3.05) is 0 Å². The maximum atomic E-state index is 4.32. The van der Waals surface area contributed by atoms with Crippen molar-refractivity contribution in [1.82, 2.24) is 14.1 Å². The second-order valence-corrected chi connectivity index (χ2v) is 3.66. The summed E-state index contributed by atoms with van der Waals surface area (Å²) in [6, 6.07) is 4.27. The van der Waals surface area contributed by atoms with Crippen LogP contribution >= 0.6 is 0 Å². The van der Waals surface area contributed by atoms with Gasteiger partial charge in [0.25, 0.3) is 0 Å². The van der Waals surface area contributed by atoms with Crippen LogP contribution in [0, 0.1) is 13.8 Å². The minimum Gasteiger partial charge on any atom is -0.342 e. The molecular formula is C11H15N3. The summed E-state index contributed by atoms with van der Waals surface area (Å²) in [6.07, 6.45) is 3.81. The van der Waals surface area contributed by atoms with Crippen LogP contribution in [-0.2, 0) is 13.6 Å². The molecule has 0 radical (unpaired) electrons. The van der Waals surface area contributed by atoms with E-state index >= 15 is 0 Å². The van der Waals surface area contributed by atoms with Crippen molar-refractivity contribution in [3.8, 4) is 0 Å². The van der Waals surface area contributed by atoms with E-state index in [0.29, 0.717) is 0 Å². The number of nitrogens with zero attached hydrogens (tertiary/aromatic N) is 3. The molecule has 0 aliphatic rings. The fourth-order valence-corrected chi connectivity index (χ4v) is 1.64. The predicted octanol–water partition coefficient (Wildman–Crippen LogP) is 1.89. The molecule has 0 aliphatic carbocycles. The van der Waals surface area contributed by atoms with E-state index in [0.717, 1.165) is 12.4 Å². The molecule has 0 fully saturated rings. The van der Waals surface area contributed by atoms with Crippen molar-refractivity contribution < 1.29 is 0 Å². The molecular weight excluding hydrogens is 174 g/mol. The molecule has 14 heavy (non-hydrogen) atoms. The molecule has 0 atom stereocenters. The second kappa shape index (κ2) is 3.33. The van der Waals surface area contributed by atoms with Crippen molar-refractivity contribution >= 4 is 0 Å². The zero-order valence-electron chi connectivity index (χ0n) is 8.86. The van der Waals surface area contributed by atoms with Gasteiger partial charge in [-0.25, -0.2) is 4.98 Å². The van der Waals surface area contributed by atoms with Gasteiger partial charge in [0, 0.05) is 30.8 Å². The first-order valence-electron chi connectivity index (χ1n) is 4.77. The largest absolute Gasteiger partial charge is 0.342 e. The van der Waals surface area contributed by atoms with E-state index in [-0.39, 0.29) is 0 Å². The number of hydrogen-bond donors (Lipinski definition) is 0. The van der Waals surface area contributed by atoms with Crippen LogP contribution in [0.15, 0.2) is 24.5 Å². The van der Waals surface area contributed by atoms with Crippen molar-refractivity contribution in [3.05, 3.63) is 41.7 Å². The van der Waals surface area contributed by atoms with E-state index in [1.165, 1.54) is 11.4 Å². The number of aromatic nitrogens is 3. The van der Waals surface area contributed by atoms with Crippen LogP contribution in [0.1, 0.15) is 17.2 Å². The van der Waals surface area contributed by atoms with Gasteiger partial charge >= 0.3 is 0 Å². The highest BCUT2D eigenvalue weighted by molar-refractivity contribution is 5.15. The normalized spacial score (nSPS) is 10.8. The Morgan fingerprint density at radius 2 is 1.86 bits per heavy atom. The SMILES string of the molecule is Cc1ccc(C)n1Cc1nccn1C. The Kier molecular flexibility index (Phi) is 2.15. The highest BCUT2D eigenvalue weighted by Crippen LogP contribution is 2.09. The fourth-order valence-electron chi connectivity index (χ4n) is 1.64. The topological polar surface area (TPSA) is 22.8 Å². The van der Waals surface area contributed by atoms with Gasteiger partial charge in [0.05, 0.1) is 6.54 Å². The molecule has 0 N–H and O–H groups in total. The zero-order valence-corrected chi connectivity index (χ0v) is 8.86. The molecule has 2 heterocycles. The van der Waals surface area contributed by atoms with Gasteiger partial charge in [-0.05, 0) is 26.0 Å². The lowest BCUT2D eigenvalue weighted by Gasteiger charge is -2.08. The molecule has 0 amide bonds. The summed E-state index contributed by atoms with van der Waals surface area (Å²) in [7, 11) is 2.02. The molecule has 0 unspecified atom stereocenters. The molecule has 0 aromatic carbocycles. The summed E-state index contributed by atoms with van der Waals surface area (Å²) >= 11 is 0. The van der Waals surface area contributed by atoms with E-state index in [4.69, 9.17) is 0 Å². The van der Waals surface area contributed by atoms with Crippen LogP contribution in [0.3, 0.4) is 0 Å². The van der Waals surface area contributed by atoms with Gasteiger partial charge in [0.1, 0.15) is 5.82 Å². The van der Waals surface area contributed by atoms with E-state index < -0.39 is 0 Å². The molecule has 0 saturated heterocycles. The number of aryl methyl sites for hydroxylation is 3. The van der Waals surface area contributed by atoms with Crippen molar-refractivity contribution in [1.29, 1.82) is 0 Å². The van der Waals surface area contributed by atoms with Gasteiger partial charge in [0.15, 0.2) is 0 Å². The third kappa shape index (κ3) is 1.45. The average molecular weight is 189 g/mol. The lowest BCUT2D eigenvalue weighted by Crippen LogP contribution is -2.08. The number of rotatable bonds is 2. The van der Waals surface area contributed by atoms with Crippen LogP contribution in [0.25, 0.3) is 0 Å². The smallest absolute Gasteiger partial charge is 0.128 e. The van der Waals surface area contributed by atoms with Crippen LogP contribution in [0.4, 0.5) is 0 Å². The van der Waals surface area contributed by atoms with Crippen molar-refractivity contribution in [2.24, 2.45) is 7.05 Å². The third-order valence-corrected chi connectivity index (χ3v) is 2.64. The quantitative estimate of drug-likeness (QED) is 0.707. The summed E-state index contributed by atoms with van der Waals surface area (Å²) < 4.78 is 4.32. The first-order valence-corrected chi connectivity index (χ1v) is 4.77. The Morgan fingerprint density at radius 1 is 1.21 bits per heavy atom. The van der Waals surface area contributed by atoms with Crippen LogP contribution in [0.5, 0.6) is 0 Å². The van der Waals surface area contributed by atoms with Gasteiger partial charge < -0.3 is 9.13 Å². The first-order chi connectivity index (χ1) is 6.68. The molecule has 2 aromatic rings. The summed E-state index contributed by atoms with van der Waals surface area (Å²) in [5.41, 5.74) is 2.57. The monoisotopic (exact) mass is 189 g/mol. The van der Waals surface area contributed by atoms with Crippen LogP contribution < -0.4 is 0 Å². The molecule has 0 aliphatic heterocycles. The minimum atomic E-state index is 0.855. The Morgan fingerprint density at radius 3 is 2.36 bits per heavy atom. The maximum Gasteiger partial charge on any atom is 0.128 e. The first kappa shape index (κ1) is 9.06. The molecule has 2 rings (SSSR count). The Labute approximate surface area is 84.0 Å². The maximum absolute atomic E-state index is 4.32.